The summed E-state index contributed by atoms with van der Waals surface area (Å²) in [7, 11) is -3.94. The van der Waals surface area contributed by atoms with Crippen molar-refractivity contribution in [3.8, 4) is 16.9 Å². The first-order valence-corrected chi connectivity index (χ1v) is 12.2. The lowest BCUT2D eigenvalue weighted by Crippen LogP contribution is -2.13. The molecule has 0 saturated heterocycles. The van der Waals surface area contributed by atoms with Crippen LogP contribution < -0.4 is 16.2 Å². The van der Waals surface area contributed by atoms with Gasteiger partial charge in [0.05, 0.1) is 28.0 Å². The second-order valence-corrected chi connectivity index (χ2v) is 9.95. The maximum Gasteiger partial charge on any atom is 0.344 e. The van der Waals surface area contributed by atoms with Crippen molar-refractivity contribution in [3.05, 3.63) is 88.5 Å². The Bertz CT molecular complexity index is 1600. The Hall–Kier alpha value is -4.44. The number of esters is 1. The molecule has 10 heteroatoms. The monoisotopic (exact) mass is 491 g/mol. The Morgan fingerprint density at radius 1 is 0.971 bits per heavy atom. The number of rotatable bonds is 6. The zero-order valence-corrected chi connectivity index (χ0v) is 19.4. The van der Waals surface area contributed by atoms with E-state index in [9.17, 15) is 23.3 Å². The molecule has 4 aromatic carbocycles. The first-order chi connectivity index (χ1) is 16.6. The van der Waals surface area contributed by atoms with Gasteiger partial charge in [0.1, 0.15) is 4.90 Å². The number of anilines is 2. The van der Waals surface area contributed by atoms with Crippen LogP contribution in [0.4, 0.5) is 17.1 Å². The van der Waals surface area contributed by atoms with E-state index < -0.39 is 31.3 Å². The second-order valence-electron chi connectivity index (χ2n) is 7.70. The van der Waals surface area contributed by atoms with E-state index in [1.165, 1.54) is 13.0 Å². The fourth-order valence-electron chi connectivity index (χ4n) is 3.78. The third-order valence-corrected chi connectivity index (χ3v) is 7.37. The summed E-state index contributed by atoms with van der Waals surface area (Å²) in [4.78, 5) is 23.3. The SMILES string of the molecule is CCS(=O)(=O)c1cc(N)c(OC(=O)c2ccccc2-c2ccc3ccccc3c2N)cc1[N+](=O)[O-]. The number of nitro benzene ring substituents is 1. The van der Waals surface area contributed by atoms with Gasteiger partial charge in [-0.25, -0.2) is 13.2 Å². The van der Waals surface area contributed by atoms with E-state index in [2.05, 4.69) is 0 Å². The molecule has 178 valence electrons. The minimum atomic E-state index is -3.94. The molecule has 0 aliphatic rings. The summed E-state index contributed by atoms with van der Waals surface area (Å²) in [6.45, 7) is 1.36. The van der Waals surface area contributed by atoms with Gasteiger partial charge in [-0.3, -0.25) is 10.1 Å². The molecule has 0 atom stereocenters. The van der Waals surface area contributed by atoms with Crippen LogP contribution in [0.2, 0.25) is 0 Å². The smallest absolute Gasteiger partial charge is 0.344 e. The van der Waals surface area contributed by atoms with E-state index in [0.29, 0.717) is 16.8 Å². The van der Waals surface area contributed by atoms with E-state index in [4.69, 9.17) is 16.2 Å². The molecule has 9 nitrogen and oxygen atoms in total. The van der Waals surface area contributed by atoms with E-state index in [0.717, 1.165) is 22.9 Å². The van der Waals surface area contributed by atoms with Gasteiger partial charge >= 0.3 is 5.97 Å². The maximum atomic E-state index is 13.1. The zero-order valence-electron chi connectivity index (χ0n) is 18.6. The van der Waals surface area contributed by atoms with Crippen LogP contribution in [0, 0.1) is 10.1 Å². The molecule has 0 heterocycles. The van der Waals surface area contributed by atoms with Gasteiger partial charge in [0.2, 0.25) is 0 Å². The summed E-state index contributed by atoms with van der Waals surface area (Å²) in [5.41, 5.74) is 13.1. The quantitative estimate of drug-likeness (QED) is 0.130. The molecule has 0 spiro atoms. The molecule has 0 saturated carbocycles. The molecule has 0 amide bonds. The molecule has 0 fully saturated rings. The molecule has 0 aliphatic carbocycles. The van der Waals surface area contributed by atoms with Gasteiger partial charge in [-0.15, -0.1) is 0 Å². The van der Waals surface area contributed by atoms with Crippen molar-refractivity contribution in [2.45, 2.75) is 11.8 Å². The van der Waals surface area contributed by atoms with Crippen LogP contribution in [-0.2, 0) is 9.84 Å². The zero-order chi connectivity index (χ0) is 25.3. The van der Waals surface area contributed by atoms with Gasteiger partial charge in [0, 0.05) is 16.6 Å². The second kappa shape index (κ2) is 9.07. The summed E-state index contributed by atoms with van der Waals surface area (Å²) < 4.78 is 30.0. The Balaban J connectivity index is 1.78. The fraction of sp³-hybridized carbons (Fsp3) is 0.0800. The highest BCUT2D eigenvalue weighted by Crippen LogP contribution is 2.37. The Morgan fingerprint density at radius 3 is 2.37 bits per heavy atom. The minimum absolute atomic E-state index is 0.154. The van der Waals surface area contributed by atoms with Gasteiger partial charge in [0.25, 0.3) is 5.69 Å². The number of ether oxygens (including phenoxy) is 1. The number of nitrogen functional groups attached to an aromatic ring is 2. The lowest BCUT2D eigenvalue weighted by atomic mass is 9.95. The van der Waals surface area contributed by atoms with E-state index >= 15 is 0 Å². The van der Waals surface area contributed by atoms with E-state index in [-0.39, 0.29) is 22.8 Å². The normalized spacial score (nSPS) is 11.3. The minimum Gasteiger partial charge on any atom is -0.420 e. The third-order valence-electron chi connectivity index (χ3n) is 5.61. The molecule has 4 N–H and O–H groups in total. The standard InChI is InChI=1S/C25H21N3O6S/c1-2-35(32,33)23-13-20(26)22(14-21(23)28(30)31)34-25(29)19-10-6-5-9-17(19)18-12-11-15-7-3-4-8-16(15)24(18)27/h3-14H,2,26-27H2,1H3. The van der Waals surface area contributed by atoms with Crippen molar-refractivity contribution < 1.29 is 22.9 Å². The first kappa shape index (κ1) is 23.7. The molecular weight excluding hydrogens is 470 g/mol. The van der Waals surface area contributed by atoms with Crippen molar-refractivity contribution in [1.82, 2.24) is 0 Å². The number of nitrogens with two attached hydrogens (primary N) is 2. The lowest BCUT2D eigenvalue weighted by Gasteiger charge is -2.14. The highest BCUT2D eigenvalue weighted by Gasteiger charge is 2.28. The predicted molar refractivity (Wildman–Crippen MR) is 134 cm³/mol. The predicted octanol–water partition coefficient (Wildman–Crippen LogP) is 4.59. The first-order valence-electron chi connectivity index (χ1n) is 10.5. The maximum absolute atomic E-state index is 13.1. The van der Waals surface area contributed by atoms with Crippen LogP contribution in [0.1, 0.15) is 17.3 Å². The van der Waals surface area contributed by atoms with Gasteiger partial charge in [-0.05, 0) is 23.1 Å². The summed E-state index contributed by atoms with van der Waals surface area (Å²) in [5.74, 6) is -1.51. The fourth-order valence-corrected chi connectivity index (χ4v) is 4.85. The Labute approximate surface area is 201 Å². The van der Waals surface area contributed by atoms with Crippen molar-refractivity contribution >= 4 is 43.6 Å². The van der Waals surface area contributed by atoms with Gasteiger partial charge in [-0.2, -0.15) is 0 Å². The molecule has 0 unspecified atom stereocenters. The van der Waals surface area contributed by atoms with E-state index in [1.807, 2.05) is 30.3 Å². The van der Waals surface area contributed by atoms with Crippen molar-refractivity contribution in [2.24, 2.45) is 0 Å². The summed E-state index contributed by atoms with van der Waals surface area (Å²) in [6, 6.07) is 19.7. The van der Waals surface area contributed by atoms with Crippen LogP contribution >= 0.6 is 0 Å². The van der Waals surface area contributed by atoms with Crippen LogP contribution in [-0.4, -0.2) is 25.1 Å². The molecule has 35 heavy (non-hydrogen) atoms. The molecular formula is C25H21N3O6S. The van der Waals surface area contributed by atoms with Crippen LogP contribution in [0.25, 0.3) is 21.9 Å². The number of nitrogens with zero attached hydrogens (tertiary/aromatic N) is 1. The summed E-state index contributed by atoms with van der Waals surface area (Å²) in [5, 5.41) is 13.3. The van der Waals surface area contributed by atoms with Crippen LogP contribution in [0.5, 0.6) is 5.75 Å². The van der Waals surface area contributed by atoms with E-state index in [1.54, 1.807) is 24.3 Å². The number of nitro groups is 1. The number of hydrogen-bond acceptors (Lipinski definition) is 8. The number of carbonyl (C=O) groups excluding carboxylic acids is 1. The average Bonchev–Trinajstić information content (AvgIpc) is 2.85. The topological polar surface area (TPSA) is 156 Å². The number of hydrogen-bond donors (Lipinski definition) is 2. The number of carbonyl (C=O) groups is 1. The lowest BCUT2D eigenvalue weighted by molar-refractivity contribution is -0.387. The molecule has 0 radical (unpaired) electrons. The third kappa shape index (κ3) is 4.38. The number of benzene rings is 4. The molecule has 0 aliphatic heterocycles. The number of sulfone groups is 1. The van der Waals surface area contributed by atoms with Crippen LogP contribution in [0.15, 0.2) is 77.7 Å². The molecule has 4 rings (SSSR count). The molecule has 0 aromatic heterocycles. The van der Waals surface area contributed by atoms with Crippen molar-refractivity contribution in [3.63, 3.8) is 0 Å². The Kier molecular flexibility index (Phi) is 6.14. The van der Waals surface area contributed by atoms with Crippen molar-refractivity contribution in [1.29, 1.82) is 0 Å². The largest absolute Gasteiger partial charge is 0.420 e. The van der Waals surface area contributed by atoms with Crippen molar-refractivity contribution in [2.75, 3.05) is 17.2 Å². The Morgan fingerprint density at radius 2 is 1.66 bits per heavy atom. The summed E-state index contributed by atoms with van der Waals surface area (Å²) >= 11 is 0. The number of fused-ring (bicyclic) bond motifs is 1. The summed E-state index contributed by atoms with van der Waals surface area (Å²) in [6.07, 6.45) is 0. The average molecular weight is 492 g/mol. The highest BCUT2D eigenvalue weighted by molar-refractivity contribution is 7.91. The van der Waals surface area contributed by atoms with Gasteiger partial charge < -0.3 is 16.2 Å². The molecule has 0 bridgehead atoms. The van der Waals surface area contributed by atoms with Gasteiger partial charge in [-0.1, -0.05) is 61.5 Å². The molecule has 4 aromatic rings. The highest BCUT2D eigenvalue weighted by atomic mass is 32.2. The van der Waals surface area contributed by atoms with Gasteiger partial charge in [0.15, 0.2) is 15.6 Å². The van der Waals surface area contributed by atoms with Crippen LogP contribution in [0.3, 0.4) is 0 Å².